The Labute approximate surface area is 176 Å². The van der Waals surface area contributed by atoms with Gasteiger partial charge in [-0.05, 0) is 49.5 Å². The first-order valence-electron chi connectivity index (χ1n) is 9.62. The molecule has 1 saturated heterocycles. The first-order chi connectivity index (χ1) is 14.4. The number of hydrogen-bond acceptors (Lipinski definition) is 6. The minimum Gasteiger partial charge on any atom is -0.495 e. The fourth-order valence-electron chi connectivity index (χ4n) is 3.50. The largest absolute Gasteiger partial charge is 0.495 e. The van der Waals surface area contributed by atoms with Gasteiger partial charge in [-0.3, -0.25) is 0 Å². The second-order valence-electron chi connectivity index (χ2n) is 7.28. The zero-order valence-corrected chi connectivity index (χ0v) is 17.7. The average molecular weight is 434 g/mol. The molecule has 0 saturated carbocycles. The first-order valence-corrected chi connectivity index (χ1v) is 11.1. The van der Waals surface area contributed by atoms with Crippen LogP contribution >= 0.6 is 0 Å². The molecule has 0 atom stereocenters. The molecule has 7 nitrogen and oxygen atoms in total. The second-order valence-corrected chi connectivity index (χ2v) is 9.22. The number of methoxy groups -OCH3 is 1. The fourth-order valence-corrected chi connectivity index (χ4v) is 4.94. The molecule has 0 aliphatic carbocycles. The van der Waals surface area contributed by atoms with E-state index in [0.717, 1.165) is 5.56 Å². The van der Waals surface area contributed by atoms with Gasteiger partial charge in [-0.15, -0.1) is 0 Å². The van der Waals surface area contributed by atoms with Gasteiger partial charge in [0, 0.05) is 31.7 Å². The lowest BCUT2D eigenvalue weighted by Crippen LogP contribution is -2.47. The van der Waals surface area contributed by atoms with Crippen molar-refractivity contribution in [2.75, 3.05) is 52.0 Å². The molecule has 0 amide bonds. The predicted molar refractivity (Wildman–Crippen MR) is 112 cm³/mol. The maximum Gasteiger partial charge on any atom is 0.243 e. The van der Waals surface area contributed by atoms with Gasteiger partial charge in [-0.1, -0.05) is 0 Å². The van der Waals surface area contributed by atoms with Gasteiger partial charge in [0.1, 0.15) is 17.3 Å². The average Bonchev–Trinajstić information content (AvgIpc) is 3.24. The summed E-state index contributed by atoms with van der Waals surface area (Å²) in [6.07, 6.45) is 1.76. The molecule has 9 heteroatoms. The number of rotatable bonds is 5. The van der Waals surface area contributed by atoms with Crippen molar-refractivity contribution in [1.82, 2.24) is 9.21 Å². The molecule has 160 valence electrons. The van der Waals surface area contributed by atoms with Crippen molar-refractivity contribution in [2.45, 2.75) is 4.90 Å². The molecule has 0 unspecified atom stereocenters. The predicted octanol–water partition coefficient (Wildman–Crippen LogP) is 2.56. The Balaban J connectivity index is 1.64. The molecule has 2 aliphatic heterocycles. The molecule has 2 aromatic carbocycles. The van der Waals surface area contributed by atoms with E-state index >= 15 is 0 Å². The Morgan fingerprint density at radius 2 is 1.73 bits per heavy atom. The highest BCUT2D eigenvalue weighted by atomic mass is 32.2. The van der Waals surface area contributed by atoms with Gasteiger partial charge in [0.25, 0.3) is 0 Å². The number of piperazine rings is 1. The Morgan fingerprint density at radius 3 is 2.40 bits per heavy atom. The molecule has 0 bridgehead atoms. The Bertz CT molecular complexity index is 1050. The van der Waals surface area contributed by atoms with Crippen LogP contribution in [0.4, 0.5) is 10.1 Å². The number of ether oxygens (including phenoxy) is 2. The van der Waals surface area contributed by atoms with Crippen LogP contribution in [0.3, 0.4) is 0 Å². The molecule has 2 aliphatic rings. The lowest BCUT2D eigenvalue weighted by molar-refractivity contribution is 0.222. The van der Waals surface area contributed by atoms with Crippen molar-refractivity contribution in [3.63, 3.8) is 0 Å². The normalized spacial score (nSPS) is 18.2. The molecule has 1 fully saturated rings. The minimum atomic E-state index is -3.61. The minimum absolute atomic E-state index is 0.196. The third-order valence-corrected chi connectivity index (χ3v) is 7.22. The van der Waals surface area contributed by atoms with E-state index in [0.29, 0.717) is 43.4 Å². The molecule has 0 spiro atoms. The van der Waals surface area contributed by atoms with Gasteiger partial charge < -0.3 is 19.3 Å². The first kappa shape index (κ1) is 20.6. The summed E-state index contributed by atoms with van der Waals surface area (Å²) in [5, 5.41) is 0. The number of sulfonamides is 1. The van der Waals surface area contributed by atoms with Gasteiger partial charge in [-0.2, -0.15) is 4.31 Å². The highest BCUT2D eigenvalue weighted by Crippen LogP contribution is 2.36. The van der Waals surface area contributed by atoms with Gasteiger partial charge >= 0.3 is 0 Å². The number of likely N-dealkylation sites (N-methyl/N-ethyl adjacent to an activating group) is 1. The molecule has 2 heterocycles. The van der Waals surface area contributed by atoms with E-state index in [1.54, 1.807) is 41.4 Å². The maximum atomic E-state index is 13.2. The van der Waals surface area contributed by atoms with Gasteiger partial charge in [-0.25, -0.2) is 12.8 Å². The molecule has 30 heavy (non-hydrogen) atoms. The summed E-state index contributed by atoms with van der Waals surface area (Å²) in [6.45, 7) is 2.52. The molecule has 2 aromatic rings. The lowest BCUT2D eigenvalue weighted by atomic mass is 10.2. The molecular weight excluding hydrogens is 409 g/mol. The lowest BCUT2D eigenvalue weighted by Gasteiger charge is -2.31. The van der Waals surface area contributed by atoms with E-state index in [1.807, 2.05) is 7.05 Å². The summed E-state index contributed by atoms with van der Waals surface area (Å²) >= 11 is 0. The van der Waals surface area contributed by atoms with Crippen molar-refractivity contribution in [3.8, 4) is 5.75 Å². The van der Waals surface area contributed by atoms with E-state index in [2.05, 4.69) is 4.90 Å². The van der Waals surface area contributed by atoms with Crippen LogP contribution in [0.1, 0.15) is 5.56 Å². The smallest absolute Gasteiger partial charge is 0.243 e. The van der Waals surface area contributed by atoms with Crippen LogP contribution in [-0.2, 0) is 14.8 Å². The highest BCUT2D eigenvalue weighted by molar-refractivity contribution is 7.89. The fraction of sp³-hybridized carbons (Fsp3) is 0.333. The summed E-state index contributed by atoms with van der Waals surface area (Å²) in [5.41, 5.74) is 1.32. The number of nitrogens with zero attached hydrogens (tertiary/aromatic N) is 3. The third-order valence-electron chi connectivity index (χ3n) is 5.32. The topological polar surface area (TPSA) is 62.3 Å². The van der Waals surface area contributed by atoms with Crippen LogP contribution in [-0.4, -0.2) is 64.7 Å². The number of anilines is 1. The van der Waals surface area contributed by atoms with E-state index in [1.165, 1.54) is 23.5 Å². The Kier molecular flexibility index (Phi) is 5.68. The standard InChI is InChI=1S/C21H24FN3O4S/c1-23-9-11-25(12-10-23)30(26,27)18-7-8-20(28-2)19(13-18)24-14-21(29-15-24)16-3-5-17(22)6-4-16/h3-8,13-14H,9-12,15H2,1-2H3. The zero-order valence-electron chi connectivity index (χ0n) is 16.9. The quantitative estimate of drug-likeness (QED) is 0.722. The number of hydrogen-bond donors (Lipinski definition) is 0. The third kappa shape index (κ3) is 4.00. The summed E-state index contributed by atoms with van der Waals surface area (Å²) in [5.74, 6) is 0.787. The van der Waals surface area contributed by atoms with Gasteiger partial charge in [0.2, 0.25) is 10.0 Å². The SMILES string of the molecule is COc1ccc(S(=O)(=O)N2CCN(C)CC2)cc1N1C=C(c2ccc(F)cc2)OC1. The molecule has 0 aromatic heterocycles. The number of halogens is 1. The van der Waals surface area contributed by atoms with E-state index in [-0.39, 0.29) is 17.4 Å². The molecule has 0 N–H and O–H groups in total. The van der Waals surface area contributed by atoms with E-state index < -0.39 is 10.0 Å². The van der Waals surface area contributed by atoms with Crippen LogP contribution in [0.2, 0.25) is 0 Å². The van der Waals surface area contributed by atoms with Crippen molar-refractivity contribution in [2.24, 2.45) is 0 Å². The van der Waals surface area contributed by atoms with E-state index in [9.17, 15) is 12.8 Å². The van der Waals surface area contributed by atoms with Crippen molar-refractivity contribution >= 4 is 21.5 Å². The summed E-state index contributed by atoms with van der Waals surface area (Å²) < 4.78 is 52.2. The Morgan fingerprint density at radius 1 is 1.03 bits per heavy atom. The van der Waals surface area contributed by atoms with Crippen molar-refractivity contribution in [1.29, 1.82) is 0 Å². The maximum absolute atomic E-state index is 13.2. The van der Waals surface area contributed by atoms with Crippen LogP contribution < -0.4 is 9.64 Å². The molecular formula is C21H24FN3O4S. The Hall–Kier alpha value is -2.62. The summed E-state index contributed by atoms with van der Waals surface area (Å²) in [4.78, 5) is 4.10. The van der Waals surface area contributed by atoms with Crippen molar-refractivity contribution in [3.05, 3.63) is 60.0 Å². The summed E-state index contributed by atoms with van der Waals surface area (Å²) in [7, 11) is -0.0949. The highest BCUT2D eigenvalue weighted by Gasteiger charge is 2.29. The van der Waals surface area contributed by atoms with Crippen molar-refractivity contribution < 1.29 is 22.3 Å². The molecule has 4 rings (SSSR count). The van der Waals surface area contributed by atoms with Crippen LogP contribution in [0.25, 0.3) is 5.76 Å². The van der Waals surface area contributed by atoms with Gasteiger partial charge in [0.05, 0.1) is 23.9 Å². The van der Waals surface area contributed by atoms with Crippen LogP contribution in [0.5, 0.6) is 5.75 Å². The van der Waals surface area contributed by atoms with Crippen LogP contribution in [0.15, 0.2) is 53.6 Å². The molecule has 0 radical (unpaired) electrons. The van der Waals surface area contributed by atoms with E-state index in [4.69, 9.17) is 9.47 Å². The number of benzene rings is 2. The van der Waals surface area contributed by atoms with Crippen LogP contribution in [0, 0.1) is 5.82 Å². The summed E-state index contributed by atoms with van der Waals surface area (Å²) in [6, 6.07) is 10.8. The monoisotopic (exact) mass is 433 g/mol. The second kappa shape index (κ2) is 8.25. The zero-order chi connectivity index (χ0) is 21.3. The van der Waals surface area contributed by atoms with Gasteiger partial charge in [0.15, 0.2) is 6.73 Å².